The molecule has 0 fully saturated rings. The van der Waals surface area contributed by atoms with Crippen LogP contribution >= 0.6 is 0 Å². The first-order chi connectivity index (χ1) is 14.6. The Morgan fingerprint density at radius 1 is 0.967 bits per heavy atom. The molecule has 2 aromatic carbocycles. The van der Waals surface area contributed by atoms with Crippen LogP contribution < -0.4 is 5.32 Å². The van der Waals surface area contributed by atoms with Gasteiger partial charge in [-0.3, -0.25) is 0 Å². The summed E-state index contributed by atoms with van der Waals surface area (Å²) in [5, 5.41) is 3.24. The van der Waals surface area contributed by atoms with Crippen LogP contribution in [0, 0.1) is 5.92 Å². The summed E-state index contributed by atoms with van der Waals surface area (Å²) in [5.74, 6) is -1.58. The first-order valence-corrected chi connectivity index (χ1v) is 9.82. The van der Waals surface area contributed by atoms with Crippen molar-refractivity contribution >= 4 is 23.7 Å². The maximum Gasteiger partial charge on any atom is 0.337 e. The number of ether oxygens (including phenoxy) is 2. The van der Waals surface area contributed by atoms with Crippen molar-refractivity contribution in [1.82, 2.24) is 5.32 Å². The molecule has 1 heterocycles. The van der Waals surface area contributed by atoms with E-state index in [0.717, 1.165) is 11.1 Å². The summed E-state index contributed by atoms with van der Waals surface area (Å²) in [6, 6.07) is 19.2. The fraction of sp³-hybridized carbons (Fsp3) is 0.200. The molecular weight excluding hydrogens is 378 g/mol. The van der Waals surface area contributed by atoms with Crippen LogP contribution in [0.2, 0.25) is 0 Å². The van der Waals surface area contributed by atoms with Gasteiger partial charge in [-0.25, -0.2) is 9.59 Å². The van der Waals surface area contributed by atoms with Crippen LogP contribution in [-0.2, 0) is 19.1 Å². The largest absolute Gasteiger partial charge is 0.466 e. The molecule has 0 radical (unpaired) electrons. The standard InChI is InChI=1S/C25H25NO4/c1-4-30-25(28)22-20(16-15-18-11-7-5-8-12-18)21(24(27)29-3)17(2)26-23(22)19-13-9-6-10-14-19/h5-16,20,26H,4H2,1-3H3. The van der Waals surface area contributed by atoms with Crippen LogP contribution in [0.1, 0.15) is 25.0 Å². The zero-order valence-corrected chi connectivity index (χ0v) is 17.3. The number of nitrogens with one attached hydrogen (secondary N) is 1. The predicted octanol–water partition coefficient (Wildman–Crippen LogP) is 4.34. The molecule has 1 unspecified atom stereocenters. The van der Waals surface area contributed by atoms with Crippen LogP contribution in [0.5, 0.6) is 0 Å². The van der Waals surface area contributed by atoms with Gasteiger partial charge in [-0.1, -0.05) is 72.8 Å². The summed E-state index contributed by atoms with van der Waals surface area (Å²) < 4.78 is 10.4. The lowest BCUT2D eigenvalue weighted by molar-refractivity contribution is -0.139. The maximum absolute atomic E-state index is 13.0. The van der Waals surface area contributed by atoms with Gasteiger partial charge in [0.1, 0.15) is 0 Å². The lowest BCUT2D eigenvalue weighted by atomic mass is 9.83. The first-order valence-electron chi connectivity index (χ1n) is 9.82. The first kappa shape index (κ1) is 21.1. The van der Waals surface area contributed by atoms with Crippen LogP contribution in [0.4, 0.5) is 0 Å². The van der Waals surface area contributed by atoms with Crippen LogP contribution in [0.25, 0.3) is 11.8 Å². The summed E-state index contributed by atoms with van der Waals surface area (Å²) >= 11 is 0. The van der Waals surface area contributed by atoms with Gasteiger partial charge >= 0.3 is 11.9 Å². The summed E-state index contributed by atoms with van der Waals surface area (Å²) in [6.45, 7) is 3.80. The molecule has 0 saturated heterocycles. The molecule has 0 spiro atoms. The van der Waals surface area contributed by atoms with Gasteiger partial charge in [-0.05, 0) is 25.0 Å². The molecule has 0 aromatic heterocycles. The Hall–Kier alpha value is -3.60. The summed E-state index contributed by atoms with van der Waals surface area (Å²) in [4.78, 5) is 25.7. The maximum atomic E-state index is 13.0. The van der Waals surface area contributed by atoms with Gasteiger partial charge in [-0.15, -0.1) is 0 Å². The van der Waals surface area contributed by atoms with Crippen molar-refractivity contribution in [3.8, 4) is 0 Å². The summed E-state index contributed by atoms with van der Waals surface area (Å²) in [5.41, 5.74) is 3.82. The number of allylic oxidation sites excluding steroid dienone is 2. The van der Waals surface area contributed by atoms with Crippen molar-refractivity contribution in [3.05, 3.63) is 94.7 Å². The highest BCUT2D eigenvalue weighted by Gasteiger charge is 2.36. The number of methoxy groups -OCH3 is 1. The average molecular weight is 403 g/mol. The van der Waals surface area contributed by atoms with E-state index in [9.17, 15) is 9.59 Å². The fourth-order valence-corrected chi connectivity index (χ4v) is 3.48. The topological polar surface area (TPSA) is 64.6 Å². The van der Waals surface area contributed by atoms with Crippen molar-refractivity contribution < 1.29 is 19.1 Å². The molecule has 1 atom stereocenters. The van der Waals surface area contributed by atoms with Crippen molar-refractivity contribution in [3.63, 3.8) is 0 Å². The van der Waals surface area contributed by atoms with Gasteiger partial charge in [0.2, 0.25) is 0 Å². The zero-order chi connectivity index (χ0) is 21.5. The number of hydrogen-bond acceptors (Lipinski definition) is 5. The molecule has 0 bridgehead atoms. The van der Waals surface area contributed by atoms with E-state index in [2.05, 4.69) is 5.32 Å². The van der Waals surface area contributed by atoms with Crippen LogP contribution in [0.3, 0.4) is 0 Å². The molecule has 5 nitrogen and oxygen atoms in total. The minimum atomic E-state index is -0.617. The van der Waals surface area contributed by atoms with Crippen molar-refractivity contribution in [1.29, 1.82) is 0 Å². The van der Waals surface area contributed by atoms with Crippen molar-refractivity contribution in [2.24, 2.45) is 5.92 Å². The van der Waals surface area contributed by atoms with Crippen LogP contribution in [0.15, 0.2) is 83.6 Å². The van der Waals surface area contributed by atoms with Crippen molar-refractivity contribution in [2.75, 3.05) is 13.7 Å². The second-order valence-corrected chi connectivity index (χ2v) is 6.78. The smallest absolute Gasteiger partial charge is 0.337 e. The molecule has 1 N–H and O–H groups in total. The minimum absolute atomic E-state index is 0.232. The van der Waals surface area contributed by atoms with E-state index in [0.29, 0.717) is 22.5 Å². The van der Waals surface area contributed by atoms with Gasteiger partial charge in [0.15, 0.2) is 0 Å². The lowest BCUT2D eigenvalue weighted by Gasteiger charge is -2.29. The molecule has 5 heteroatoms. The summed E-state index contributed by atoms with van der Waals surface area (Å²) in [7, 11) is 1.33. The predicted molar refractivity (Wildman–Crippen MR) is 117 cm³/mol. The van der Waals surface area contributed by atoms with Gasteiger partial charge in [0.05, 0.1) is 30.6 Å². The van der Waals surface area contributed by atoms with E-state index in [-0.39, 0.29) is 6.61 Å². The lowest BCUT2D eigenvalue weighted by Crippen LogP contribution is -2.32. The molecule has 1 aliphatic heterocycles. The zero-order valence-electron chi connectivity index (χ0n) is 17.3. The Kier molecular flexibility index (Phi) is 6.86. The molecule has 0 amide bonds. The Balaban J connectivity index is 2.19. The Morgan fingerprint density at radius 2 is 1.60 bits per heavy atom. The summed E-state index contributed by atoms with van der Waals surface area (Å²) in [6.07, 6.45) is 3.75. The number of carbonyl (C=O) groups excluding carboxylic acids is 2. The third kappa shape index (κ3) is 4.51. The van der Waals surface area contributed by atoms with Gasteiger partial charge in [-0.2, -0.15) is 0 Å². The molecule has 2 aromatic rings. The molecule has 30 heavy (non-hydrogen) atoms. The van der Waals surface area contributed by atoms with Gasteiger partial charge in [0, 0.05) is 11.6 Å². The normalized spacial score (nSPS) is 16.4. The van der Waals surface area contributed by atoms with E-state index in [1.807, 2.05) is 72.8 Å². The molecule has 0 saturated carbocycles. The highest BCUT2D eigenvalue weighted by Crippen LogP contribution is 2.36. The number of carbonyl (C=O) groups is 2. The molecule has 1 aliphatic rings. The monoisotopic (exact) mass is 403 g/mol. The van der Waals surface area contributed by atoms with Gasteiger partial charge in [0.25, 0.3) is 0 Å². The highest BCUT2D eigenvalue weighted by molar-refractivity contribution is 6.04. The van der Waals surface area contributed by atoms with Crippen molar-refractivity contribution in [2.45, 2.75) is 13.8 Å². The third-order valence-electron chi connectivity index (χ3n) is 4.85. The molecule has 0 aliphatic carbocycles. The minimum Gasteiger partial charge on any atom is -0.466 e. The molecular formula is C25H25NO4. The Labute approximate surface area is 176 Å². The number of dihydropyridines is 1. The number of esters is 2. The van der Waals surface area contributed by atoms with E-state index in [1.54, 1.807) is 13.8 Å². The second-order valence-electron chi connectivity index (χ2n) is 6.78. The number of benzene rings is 2. The van der Waals surface area contributed by atoms with E-state index in [4.69, 9.17) is 9.47 Å². The van der Waals surface area contributed by atoms with E-state index < -0.39 is 17.9 Å². The van der Waals surface area contributed by atoms with E-state index >= 15 is 0 Å². The molecule has 154 valence electrons. The number of rotatable bonds is 6. The highest BCUT2D eigenvalue weighted by atomic mass is 16.5. The SMILES string of the molecule is CCOC(=O)C1=C(c2ccccc2)NC(C)=C(C(=O)OC)C1C=Cc1ccccc1. The Bertz CT molecular complexity index is 1000. The average Bonchev–Trinajstić information content (AvgIpc) is 2.78. The number of hydrogen-bond donors (Lipinski definition) is 1. The quantitative estimate of drug-likeness (QED) is 0.727. The Morgan fingerprint density at radius 3 is 2.20 bits per heavy atom. The van der Waals surface area contributed by atoms with Crippen LogP contribution in [-0.4, -0.2) is 25.7 Å². The fourth-order valence-electron chi connectivity index (χ4n) is 3.48. The van der Waals surface area contributed by atoms with E-state index in [1.165, 1.54) is 7.11 Å². The van der Waals surface area contributed by atoms with Gasteiger partial charge < -0.3 is 14.8 Å². The second kappa shape index (κ2) is 9.74. The third-order valence-corrected chi connectivity index (χ3v) is 4.85. The molecule has 3 rings (SSSR count).